The largest absolute Gasteiger partial charge is 0.385 e. The van der Waals surface area contributed by atoms with E-state index >= 15 is 0 Å². The maximum absolute atomic E-state index is 12.9. The first kappa shape index (κ1) is 22.3. The lowest BCUT2D eigenvalue weighted by Crippen LogP contribution is -2.40. The maximum atomic E-state index is 12.9. The zero-order valence-corrected chi connectivity index (χ0v) is 19.1. The Bertz CT molecular complexity index is 1320. The van der Waals surface area contributed by atoms with Crippen molar-refractivity contribution in [2.75, 3.05) is 38.2 Å². The number of nitrogens with one attached hydrogen (secondary N) is 1. The quantitative estimate of drug-likeness (QED) is 0.431. The first-order valence-electron chi connectivity index (χ1n) is 10.9. The Kier molecular flexibility index (Phi) is 6.14. The number of amides is 1. The van der Waals surface area contributed by atoms with Crippen LogP contribution in [0, 0.1) is 0 Å². The minimum Gasteiger partial charge on any atom is -0.385 e. The molecule has 5 rings (SSSR count). The summed E-state index contributed by atoms with van der Waals surface area (Å²) in [6.07, 6.45) is 0. The lowest BCUT2D eigenvalue weighted by Gasteiger charge is -2.26. The molecule has 9 heteroatoms. The molecule has 1 N–H and O–H groups in total. The van der Waals surface area contributed by atoms with E-state index in [1.165, 1.54) is 16.4 Å². The van der Waals surface area contributed by atoms with Gasteiger partial charge in [-0.15, -0.1) is 0 Å². The van der Waals surface area contributed by atoms with Crippen LogP contribution in [0.2, 0.25) is 0 Å². The summed E-state index contributed by atoms with van der Waals surface area (Å²) in [6, 6.07) is 22.0. The smallest absolute Gasteiger partial charge is 0.265 e. The number of carbonyl (C=O) groups excluding carboxylic acids is 1. The Labute approximate surface area is 197 Å². The lowest BCUT2D eigenvalue weighted by atomic mass is 10.1. The van der Waals surface area contributed by atoms with E-state index in [1.807, 2.05) is 48.5 Å². The van der Waals surface area contributed by atoms with Gasteiger partial charge in [0.25, 0.3) is 5.91 Å². The van der Waals surface area contributed by atoms with Gasteiger partial charge in [-0.2, -0.15) is 4.31 Å². The summed E-state index contributed by atoms with van der Waals surface area (Å²) >= 11 is 0. The van der Waals surface area contributed by atoms with E-state index < -0.39 is 15.9 Å². The van der Waals surface area contributed by atoms with Crippen LogP contribution in [-0.2, 0) is 24.4 Å². The molecule has 0 atom stereocenters. The summed E-state index contributed by atoms with van der Waals surface area (Å²) in [4.78, 5) is 18.0. The zero-order chi connectivity index (χ0) is 23.5. The average molecular weight is 478 g/mol. The fraction of sp³-hybridized carbons (Fsp3) is 0.200. The second kappa shape index (κ2) is 9.38. The fourth-order valence-electron chi connectivity index (χ4n) is 4.12. The molecule has 0 unspecified atom stereocenters. The maximum Gasteiger partial charge on any atom is 0.265 e. The Balaban J connectivity index is 1.26. The number of morpholine rings is 1. The van der Waals surface area contributed by atoms with E-state index in [0.29, 0.717) is 37.7 Å². The molecular weight excluding hydrogens is 454 g/mol. The molecule has 1 saturated heterocycles. The predicted octanol–water partition coefficient (Wildman–Crippen LogP) is 3.10. The van der Waals surface area contributed by atoms with Gasteiger partial charge < -0.3 is 14.9 Å². The molecule has 0 bridgehead atoms. The zero-order valence-electron chi connectivity index (χ0n) is 18.3. The number of oxime groups is 1. The normalized spacial score (nSPS) is 15.4. The van der Waals surface area contributed by atoms with E-state index in [0.717, 1.165) is 22.3 Å². The summed E-state index contributed by atoms with van der Waals surface area (Å²) in [6.45, 7) is 1.03. The number of rotatable bonds is 6. The van der Waals surface area contributed by atoms with Gasteiger partial charge in [0.2, 0.25) is 10.0 Å². The van der Waals surface area contributed by atoms with Crippen molar-refractivity contribution in [1.82, 2.24) is 4.31 Å². The summed E-state index contributed by atoms with van der Waals surface area (Å²) in [5.74, 6) is -0.440. The molecular formula is C25H23N3O5S. The highest BCUT2D eigenvalue weighted by atomic mass is 32.2. The Hall–Kier alpha value is -3.53. The summed E-state index contributed by atoms with van der Waals surface area (Å²) in [5, 5.41) is 6.93. The SMILES string of the molecule is O=C(CON=C1c2ccccc2-c2ccccc21)Nc1cccc(S(=O)(=O)N2CCOCC2)c1. The topological polar surface area (TPSA) is 97.3 Å². The van der Waals surface area contributed by atoms with Gasteiger partial charge in [-0.1, -0.05) is 59.8 Å². The first-order chi connectivity index (χ1) is 16.5. The van der Waals surface area contributed by atoms with Gasteiger partial charge in [-0.3, -0.25) is 4.79 Å². The summed E-state index contributed by atoms with van der Waals surface area (Å²) in [5.41, 5.74) is 5.09. The average Bonchev–Trinajstić information content (AvgIpc) is 3.19. The molecule has 3 aromatic carbocycles. The van der Waals surface area contributed by atoms with Crippen LogP contribution in [0.3, 0.4) is 0 Å². The second-order valence-corrected chi connectivity index (χ2v) is 9.83. The van der Waals surface area contributed by atoms with Crippen LogP contribution in [0.15, 0.2) is 82.8 Å². The van der Waals surface area contributed by atoms with Crippen LogP contribution in [0.25, 0.3) is 11.1 Å². The number of nitrogens with zero attached hydrogens (tertiary/aromatic N) is 2. The van der Waals surface area contributed by atoms with Crippen molar-refractivity contribution in [2.24, 2.45) is 5.16 Å². The van der Waals surface area contributed by atoms with Crippen LogP contribution in [-0.4, -0.2) is 57.3 Å². The van der Waals surface area contributed by atoms with E-state index in [4.69, 9.17) is 9.57 Å². The molecule has 2 aliphatic rings. The molecule has 1 amide bonds. The standard InChI is InChI=1S/C25H23N3O5S/c29-24(26-18-6-5-7-19(16-18)34(30,31)28-12-14-32-15-13-28)17-33-27-25-22-10-3-1-8-20(22)21-9-2-4-11-23(21)25/h1-11,16H,12-15,17H2,(H,26,29). The van der Waals surface area contributed by atoms with Crippen molar-refractivity contribution < 1.29 is 22.8 Å². The van der Waals surface area contributed by atoms with Crippen LogP contribution >= 0.6 is 0 Å². The third kappa shape index (κ3) is 4.33. The van der Waals surface area contributed by atoms with Crippen molar-refractivity contribution in [3.63, 3.8) is 0 Å². The Morgan fingerprint density at radius 1 is 0.912 bits per heavy atom. The molecule has 1 aliphatic carbocycles. The number of anilines is 1. The Morgan fingerprint density at radius 3 is 2.18 bits per heavy atom. The molecule has 0 radical (unpaired) electrons. The molecule has 34 heavy (non-hydrogen) atoms. The van der Waals surface area contributed by atoms with Crippen LogP contribution < -0.4 is 5.32 Å². The highest BCUT2D eigenvalue weighted by Crippen LogP contribution is 2.36. The number of carbonyl (C=O) groups is 1. The highest BCUT2D eigenvalue weighted by Gasteiger charge is 2.27. The van der Waals surface area contributed by atoms with E-state index in [2.05, 4.69) is 10.5 Å². The first-order valence-corrected chi connectivity index (χ1v) is 12.3. The minimum absolute atomic E-state index is 0.118. The third-order valence-corrected chi connectivity index (χ3v) is 7.63. The van der Waals surface area contributed by atoms with E-state index in [9.17, 15) is 13.2 Å². The van der Waals surface area contributed by atoms with Gasteiger partial charge in [0.15, 0.2) is 6.61 Å². The Morgan fingerprint density at radius 2 is 1.53 bits per heavy atom. The van der Waals surface area contributed by atoms with E-state index in [1.54, 1.807) is 12.1 Å². The van der Waals surface area contributed by atoms with Crippen molar-refractivity contribution in [1.29, 1.82) is 0 Å². The van der Waals surface area contributed by atoms with Crippen LogP contribution in [0.5, 0.6) is 0 Å². The van der Waals surface area contributed by atoms with Crippen molar-refractivity contribution in [3.8, 4) is 11.1 Å². The number of ether oxygens (including phenoxy) is 1. The van der Waals surface area contributed by atoms with Gasteiger partial charge in [-0.25, -0.2) is 8.42 Å². The molecule has 8 nitrogen and oxygen atoms in total. The monoisotopic (exact) mass is 477 g/mol. The fourth-order valence-corrected chi connectivity index (χ4v) is 5.57. The van der Waals surface area contributed by atoms with Gasteiger partial charge >= 0.3 is 0 Å². The predicted molar refractivity (Wildman–Crippen MR) is 128 cm³/mol. The number of fused-ring (bicyclic) bond motifs is 3. The van der Waals surface area contributed by atoms with Gasteiger partial charge in [0.1, 0.15) is 5.71 Å². The van der Waals surface area contributed by atoms with E-state index in [-0.39, 0.29) is 11.5 Å². The molecule has 0 saturated carbocycles. The molecule has 1 heterocycles. The molecule has 1 aliphatic heterocycles. The van der Waals surface area contributed by atoms with Crippen molar-refractivity contribution >= 4 is 27.3 Å². The number of benzene rings is 3. The molecule has 1 fully saturated rings. The molecule has 3 aromatic rings. The number of hydrogen-bond acceptors (Lipinski definition) is 6. The van der Waals surface area contributed by atoms with Crippen LogP contribution in [0.4, 0.5) is 5.69 Å². The number of sulfonamides is 1. The number of hydrogen-bond donors (Lipinski definition) is 1. The minimum atomic E-state index is -3.66. The summed E-state index contributed by atoms with van der Waals surface area (Å²) < 4.78 is 32.3. The van der Waals surface area contributed by atoms with Gasteiger partial charge in [0, 0.05) is 29.9 Å². The molecule has 174 valence electrons. The van der Waals surface area contributed by atoms with Crippen molar-refractivity contribution in [2.45, 2.75) is 4.90 Å². The second-order valence-electron chi connectivity index (χ2n) is 7.90. The summed E-state index contributed by atoms with van der Waals surface area (Å²) in [7, 11) is -3.66. The van der Waals surface area contributed by atoms with Crippen molar-refractivity contribution in [3.05, 3.63) is 83.9 Å². The third-order valence-electron chi connectivity index (χ3n) is 5.73. The highest BCUT2D eigenvalue weighted by molar-refractivity contribution is 7.89. The molecule has 0 spiro atoms. The molecule has 0 aromatic heterocycles. The van der Waals surface area contributed by atoms with Gasteiger partial charge in [0.05, 0.1) is 18.1 Å². The van der Waals surface area contributed by atoms with Gasteiger partial charge in [-0.05, 0) is 29.3 Å². The van der Waals surface area contributed by atoms with Crippen LogP contribution in [0.1, 0.15) is 11.1 Å². The lowest BCUT2D eigenvalue weighted by molar-refractivity contribution is -0.120.